The van der Waals surface area contributed by atoms with Gasteiger partial charge in [-0.3, -0.25) is 4.79 Å². The number of fused-ring (bicyclic) bond motifs is 1. The highest BCUT2D eigenvalue weighted by atomic mass is 32.2. The van der Waals surface area contributed by atoms with Crippen LogP contribution in [0.3, 0.4) is 0 Å². The van der Waals surface area contributed by atoms with Gasteiger partial charge >= 0.3 is 0 Å². The molecular weight excluding hydrogens is 436 g/mol. The molecule has 7 nitrogen and oxygen atoms in total. The average molecular weight is 469 g/mol. The Balaban J connectivity index is 1.55. The molecule has 0 radical (unpaired) electrons. The van der Waals surface area contributed by atoms with Crippen molar-refractivity contribution in [1.82, 2.24) is 13.9 Å². The van der Waals surface area contributed by atoms with Crippen LogP contribution in [0.15, 0.2) is 41.3 Å². The van der Waals surface area contributed by atoms with Crippen LogP contribution in [-0.4, -0.2) is 41.3 Å². The van der Waals surface area contributed by atoms with E-state index in [0.717, 1.165) is 54.0 Å². The SMILES string of the molecule is CCCn1c(CCC(=O)Nc2ccc(C)cc2C)nc2cc(S(=O)(=O)N3CCCC3)ccc21. The third-order valence-electron chi connectivity index (χ3n) is 6.18. The van der Waals surface area contributed by atoms with E-state index in [-0.39, 0.29) is 10.8 Å². The van der Waals surface area contributed by atoms with Gasteiger partial charge in [-0.2, -0.15) is 4.31 Å². The van der Waals surface area contributed by atoms with Gasteiger partial charge in [0.2, 0.25) is 15.9 Å². The number of aryl methyl sites for hydroxylation is 4. The molecule has 2 heterocycles. The number of imidazole rings is 1. The fourth-order valence-corrected chi connectivity index (χ4v) is 5.99. The monoisotopic (exact) mass is 468 g/mol. The Morgan fingerprint density at radius 2 is 1.85 bits per heavy atom. The van der Waals surface area contributed by atoms with E-state index in [0.29, 0.717) is 31.4 Å². The summed E-state index contributed by atoms with van der Waals surface area (Å²) < 4.78 is 29.6. The zero-order chi connectivity index (χ0) is 23.6. The highest BCUT2D eigenvalue weighted by Crippen LogP contribution is 2.26. The van der Waals surface area contributed by atoms with Crippen LogP contribution in [-0.2, 0) is 27.8 Å². The molecule has 0 bridgehead atoms. The Bertz CT molecular complexity index is 1270. The second-order valence-electron chi connectivity index (χ2n) is 8.81. The number of sulfonamides is 1. The summed E-state index contributed by atoms with van der Waals surface area (Å²) in [6.07, 6.45) is 3.52. The lowest BCUT2D eigenvalue weighted by Gasteiger charge is -2.15. The maximum Gasteiger partial charge on any atom is 0.243 e. The number of benzene rings is 2. The Morgan fingerprint density at radius 1 is 1.09 bits per heavy atom. The van der Waals surface area contributed by atoms with Crippen LogP contribution >= 0.6 is 0 Å². The molecule has 33 heavy (non-hydrogen) atoms. The Hall–Kier alpha value is -2.71. The van der Waals surface area contributed by atoms with Gasteiger partial charge in [0.05, 0.1) is 15.9 Å². The summed E-state index contributed by atoms with van der Waals surface area (Å²) in [4.78, 5) is 17.6. The molecule has 0 aliphatic carbocycles. The molecule has 1 amide bonds. The van der Waals surface area contributed by atoms with Crippen molar-refractivity contribution in [3.8, 4) is 0 Å². The molecule has 2 aromatic carbocycles. The predicted octanol–water partition coefficient (Wildman–Crippen LogP) is 4.42. The number of aromatic nitrogens is 2. The summed E-state index contributed by atoms with van der Waals surface area (Å²) >= 11 is 0. The largest absolute Gasteiger partial charge is 0.328 e. The molecular formula is C25H32N4O3S. The minimum atomic E-state index is -3.49. The van der Waals surface area contributed by atoms with Gasteiger partial charge in [-0.05, 0) is 62.9 Å². The average Bonchev–Trinajstić information content (AvgIpc) is 3.43. The first-order valence-corrected chi connectivity index (χ1v) is 13.1. The van der Waals surface area contributed by atoms with Gasteiger partial charge < -0.3 is 9.88 Å². The summed E-state index contributed by atoms with van der Waals surface area (Å²) in [6, 6.07) is 11.2. The minimum absolute atomic E-state index is 0.0608. The number of anilines is 1. The van der Waals surface area contributed by atoms with Gasteiger partial charge in [-0.15, -0.1) is 0 Å². The fourth-order valence-electron chi connectivity index (χ4n) is 4.45. The van der Waals surface area contributed by atoms with Crippen molar-refractivity contribution in [3.63, 3.8) is 0 Å². The zero-order valence-electron chi connectivity index (χ0n) is 19.6. The van der Waals surface area contributed by atoms with Crippen molar-refractivity contribution in [2.24, 2.45) is 0 Å². The normalized spacial score (nSPS) is 14.8. The molecule has 0 spiro atoms. The maximum atomic E-state index is 13.0. The summed E-state index contributed by atoms with van der Waals surface area (Å²) in [5.41, 5.74) is 4.58. The van der Waals surface area contributed by atoms with Crippen molar-refractivity contribution in [1.29, 1.82) is 0 Å². The first-order valence-electron chi connectivity index (χ1n) is 11.7. The molecule has 176 valence electrons. The second-order valence-corrected chi connectivity index (χ2v) is 10.7. The zero-order valence-corrected chi connectivity index (χ0v) is 20.4. The number of nitrogens with zero attached hydrogens (tertiary/aromatic N) is 3. The lowest BCUT2D eigenvalue weighted by atomic mass is 10.1. The van der Waals surface area contributed by atoms with Gasteiger partial charge in [0, 0.05) is 38.2 Å². The number of amides is 1. The third-order valence-corrected chi connectivity index (χ3v) is 8.08. The highest BCUT2D eigenvalue weighted by Gasteiger charge is 2.27. The number of rotatable bonds is 8. The van der Waals surface area contributed by atoms with Crippen LogP contribution in [0.5, 0.6) is 0 Å². The van der Waals surface area contributed by atoms with Crippen LogP contribution in [0.4, 0.5) is 5.69 Å². The van der Waals surface area contributed by atoms with Gasteiger partial charge in [0.15, 0.2) is 0 Å². The van der Waals surface area contributed by atoms with E-state index in [1.54, 1.807) is 16.4 Å². The number of nitrogens with one attached hydrogen (secondary N) is 1. The molecule has 1 aliphatic heterocycles. The van der Waals surface area contributed by atoms with Crippen LogP contribution < -0.4 is 5.32 Å². The predicted molar refractivity (Wildman–Crippen MR) is 131 cm³/mol. The Morgan fingerprint density at radius 3 is 2.55 bits per heavy atom. The van der Waals surface area contributed by atoms with Gasteiger partial charge in [0.25, 0.3) is 0 Å². The molecule has 0 unspecified atom stereocenters. The number of hydrogen-bond donors (Lipinski definition) is 1. The van der Waals surface area contributed by atoms with Crippen molar-refractivity contribution in [2.75, 3.05) is 18.4 Å². The standard InChI is InChI=1S/C25H32N4O3S/c1-4-13-29-23-10-8-20(33(31,32)28-14-5-6-15-28)17-22(23)26-24(29)11-12-25(30)27-21-9-7-18(2)16-19(21)3/h7-10,16-17H,4-6,11-15H2,1-3H3,(H,27,30). The maximum absolute atomic E-state index is 13.0. The van der Waals surface area contributed by atoms with E-state index in [2.05, 4.69) is 16.8 Å². The molecule has 3 aromatic rings. The number of carbonyl (C=O) groups excluding carboxylic acids is 1. The van der Waals surface area contributed by atoms with Gasteiger partial charge in [-0.25, -0.2) is 13.4 Å². The summed E-state index contributed by atoms with van der Waals surface area (Å²) in [5.74, 6) is 0.743. The van der Waals surface area contributed by atoms with E-state index >= 15 is 0 Å². The topological polar surface area (TPSA) is 84.3 Å². The van der Waals surface area contributed by atoms with E-state index in [1.165, 1.54) is 0 Å². The minimum Gasteiger partial charge on any atom is -0.328 e. The summed E-state index contributed by atoms with van der Waals surface area (Å²) in [7, 11) is -3.49. The second kappa shape index (κ2) is 9.65. The Labute approximate surface area is 195 Å². The van der Waals surface area contributed by atoms with E-state index in [1.807, 2.05) is 38.1 Å². The molecule has 1 fully saturated rings. The third kappa shape index (κ3) is 4.96. The molecule has 1 saturated heterocycles. The lowest BCUT2D eigenvalue weighted by Crippen LogP contribution is -2.27. The number of hydrogen-bond acceptors (Lipinski definition) is 4. The van der Waals surface area contributed by atoms with Crippen molar-refractivity contribution in [3.05, 3.63) is 53.3 Å². The van der Waals surface area contributed by atoms with Crippen LogP contribution in [0.25, 0.3) is 11.0 Å². The first kappa shape index (κ1) is 23.4. The van der Waals surface area contributed by atoms with Gasteiger partial charge in [0.1, 0.15) is 5.82 Å². The van der Waals surface area contributed by atoms with Crippen molar-refractivity contribution >= 4 is 32.7 Å². The Kier molecular flexibility index (Phi) is 6.86. The fraction of sp³-hybridized carbons (Fsp3) is 0.440. The number of carbonyl (C=O) groups is 1. The molecule has 4 rings (SSSR count). The molecule has 0 saturated carbocycles. The summed E-state index contributed by atoms with van der Waals surface area (Å²) in [6.45, 7) is 8.02. The van der Waals surface area contributed by atoms with E-state index in [9.17, 15) is 13.2 Å². The quantitative estimate of drug-likeness (QED) is 0.530. The van der Waals surface area contributed by atoms with Crippen LogP contribution in [0.1, 0.15) is 49.6 Å². The smallest absolute Gasteiger partial charge is 0.243 e. The first-order chi connectivity index (χ1) is 15.8. The molecule has 8 heteroatoms. The highest BCUT2D eigenvalue weighted by molar-refractivity contribution is 7.89. The molecule has 1 N–H and O–H groups in total. The van der Waals surface area contributed by atoms with E-state index < -0.39 is 10.0 Å². The van der Waals surface area contributed by atoms with Crippen molar-refractivity contribution in [2.45, 2.75) is 64.3 Å². The van der Waals surface area contributed by atoms with Gasteiger partial charge in [-0.1, -0.05) is 24.6 Å². The van der Waals surface area contributed by atoms with Crippen molar-refractivity contribution < 1.29 is 13.2 Å². The van der Waals surface area contributed by atoms with Crippen LogP contribution in [0.2, 0.25) is 0 Å². The molecule has 1 aliphatic rings. The molecule has 0 atom stereocenters. The summed E-state index contributed by atoms with van der Waals surface area (Å²) in [5, 5.41) is 2.99. The van der Waals surface area contributed by atoms with Crippen LogP contribution in [0, 0.1) is 13.8 Å². The lowest BCUT2D eigenvalue weighted by molar-refractivity contribution is -0.116. The molecule has 1 aromatic heterocycles. The van der Waals surface area contributed by atoms with E-state index in [4.69, 9.17) is 4.98 Å².